The number of phosphoric acid groups is 1. The van der Waals surface area contributed by atoms with Crippen molar-refractivity contribution >= 4 is 13.7 Å². The van der Waals surface area contributed by atoms with Crippen LogP contribution in [0.3, 0.4) is 0 Å². The van der Waals surface area contributed by atoms with Gasteiger partial charge in [-0.1, -0.05) is 150 Å². The molecule has 0 heterocycles. The fraction of sp³-hybridized carbons (Fsp3) is 0.651. The van der Waals surface area contributed by atoms with Gasteiger partial charge in [0.1, 0.15) is 13.2 Å². The summed E-state index contributed by atoms with van der Waals surface area (Å²) in [7, 11) is 1.48. The zero-order chi connectivity index (χ0) is 38.6. The van der Waals surface area contributed by atoms with E-state index in [4.69, 9.17) is 9.05 Å². The first-order valence-electron chi connectivity index (χ1n) is 20.0. The summed E-state index contributed by atoms with van der Waals surface area (Å²) in [5.74, 6) is -0.319. The number of carbonyl (C=O) groups is 1. The quantitative estimate of drug-likeness (QED) is 0.0262. The third-order valence-corrected chi connectivity index (χ3v) is 9.11. The Morgan fingerprint density at radius 2 is 1.17 bits per heavy atom. The van der Waals surface area contributed by atoms with Crippen LogP contribution in [0.5, 0.6) is 0 Å². The average molecular weight is 748 g/mol. The molecule has 0 bridgehead atoms. The number of hydrogen-bond donors (Lipinski definition) is 3. The second-order valence-electron chi connectivity index (χ2n) is 14.3. The molecule has 0 aliphatic heterocycles. The van der Waals surface area contributed by atoms with Crippen LogP contribution in [0, 0.1) is 0 Å². The molecule has 0 aromatic carbocycles. The van der Waals surface area contributed by atoms with E-state index in [2.05, 4.69) is 79.9 Å². The minimum atomic E-state index is -4.37. The Hall–Kier alpha value is -2.32. The second kappa shape index (κ2) is 34.4. The van der Waals surface area contributed by atoms with Crippen LogP contribution in [0.4, 0.5) is 0 Å². The van der Waals surface area contributed by atoms with Crippen LogP contribution in [-0.4, -0.2) is 73.4 Å². The third-order valence-electron chi connectivity index (χ3n) is 8.13. The van der Waals surface area contributed by atoms with Crippen molar-refractivity contribution in [2.24, 2.45) is 0 Å². The van der Waals surface area contributed by atoms with E-state index in [0.29, 0.717) is 17.4 Å². The Morgan fingerprint density at radius 3 is 1.73 bits per heavy atom. The number of amides is 1. The van der Waals surface area contributed by atoms with E-state index in [1.54, 1.807) is 12.2 Å². The van der Waals surface area contributed by atoms with Gasteiger partial charge in [0.15, 0.2) is 0 Å². The molecular formula is C43H76N2O6P+. The number of carbonyl (C=O) groups excluding carboxylic acids is 1. The van der Waals surface area contributed by atoms with Crippen LogP contribution in [-0.2, 0) is 18.4 Å². The molecule has 3 unspecified atom stereocenters. The van der Waals surface area contributed by atoms with Gasteiger partial charge in [-0.2, -0.15) is 0 Å². The lowest BCUT2D eigenvalue weighted by Crippen LogP contribution is -2.45. The molecule has 3 N–H and O–H groups in total. The Labute approximate surface area is 318 Å². The minimum absolute atomic E-state index is 0.0352. The summed E-state index contributed by atoms with van der Waals surface area (Å²) in [6.45, 7) is 4.56. The van der Waals surface area contributed by atoms with Gasteiger partial charge in [0, 0.05) is 6.42 Å². The molecule has 3 atom stereocenters. The van der Waals surface area contributed by atoms with Crippen molar-refractivity contribution in [2.45, 2.75) is 142 Å². The molecule has 9 heteroatoms. The van der Waals surface area contributed by atoms with Gasteiger partial charge in [-0.3, -0.25) is 13.8 Å². The fourth-order valence-electron chi connectivity index (χ4n) is 4.95. The molecule has 0 rings (SSSR count). The molecule has 0 aliphatic carbocycles. The Kier molecular flexibility index (Phi) is 32.9. The third kappa shape index (κ3) is 36.1. The molecule has 0 aromatic heterocycles. The summed E-state index contributed by atoms with van der Waals surface area (Å²) >= 11 is 0. The van der Waals surface area contributed by atoms with Gasteiger partial charge < -0.3 is 19.8 Å². The van der Waals surface area contributed by atoms with E-state index in [-0.39, 0.29) is 25.5 Å². The smallest absolute Gasteiger partial charge is 0.387 e. The van der Waals surface area contributed by atoms with Crippen LogP contribution in [0.15, 0.2) is 85.1 Å². The zero-order valence-corrected chi connectivity index (χ0v) is 34.4. The molecule has 0 fully saturated rings. The molecule has 298 valence electrons. The highest BCUT2D eigenvalue weighted by Gasteiger charge is 2.27. The van der Waals surface area contributed by atoms with Crippen LogP contribution in [0.2, 0.25) is 0 Å². The SMILES string of the molecule is CC/C=C\C/C=C\C/C=C\C/C=C\C/C=C\CC(=O)NC(COP(=O)(O)OCC[N+](C)(C)C)C(O)/C=C/CC/C=C/CCCCCCCCCCC. The fourth-order valence-corrected chi connectivity index (χ4v) is 5.68. The summed E-state index contributed by atoms with van der Waals surface area (Å²) in [4.78, 5) is 23.0. The van der Waals surface area contributed by atoms with Crippen molar-refractivity contribution in [3.8, 4) is 0 Å². The highest BCUT2D eigenvalue weighted by Crippen LogP contribution is 2.43. The number of hydrogen-bond acceptors (Lipinski definition) is 5. The molecule has 1 amide bonds. The molecule has 0 aromatic rings. The van der Waals surface area contributed by atoms with E-state index in [9.17, 15) is 19.4 Å². The summed E-state index contributed by atoms with van der Waals surface area (Å²) in [5, 5.41) is 13.7. The zero-order valence-electron chi connectivity index (χ0n) is 33.5. The van der Waals surface area contributed by atoms with Crippen molar-refractivity contribution in [1.29, 1.82) is 0 Å². The van der Waals surface area contributed by atoms with E-state index >= 15 is 0 Å². The molecule has 52 heavy (non-hydrogen) atoms. The molecule has 0 spiro atoms. The Balaban J connectivity index is 4.74. The molecular weight excluding hydrogens is 671 g/mol. The van der Waals surface area contributed by atoms with Gasteiger partial charge in [0.25, 0.3) is 0 Å². The van der Waals surface area contributed by atoms with Crippen LogP contribution in [0.1, 0.15) is 129 Å². The van der Waals surface area contributed by atoms with Crippen molar-refractivity contribution in [1.82, 2.24) is 5.32 Å². The number of phosphoric ester groups is 1. The number of nitrogens with zero attached hydrogens (tertiary/aromatic N) is 1. The maximum atomic E-state index is 12.7. The lowest BCUT2D eigenvalue weighted by Gasteiger charge is -2.25. The predicted octanol–water partition coefficient (Wildman–Crippen LogP) is 10.6. The maximum absolute atomic E-state index is 12.7. The van der Waals surface area contributed by atoms with Crippen molar-refractivity contribution in [3.63, 3.8) is 0 Å². The highest BCUT2D eigenvalue weighted by molar-refractivity contribution is 7.47. The molecule has 0 saturated carbocycles. The number of quaternary nitrogens is 1. The summed E-state index contributed by atoms with van der Waals surface area (Å²) in [6.07, 6.45) is 46.8. The first kappa shape index (κ1) is 49.7. The first-order chi connectivity index (χ1) is 25.0. The van der Waals surface area contributed by atoms with Gasteiger partial charge in [-0.25, -0.2) is 4.57 Å². The molecule has 0 radical (unpaired) electrons. The standard InChI is InChI=1S/C43H75N2O6P/c1-6-8-10-12-14-16-18-20-22-24-26-28-30-32-34-36-42(46)41(40-51-52(48,49)50-39-38-45(3,4)5)44-43(47)37-35-33-31-29-27-25-23-21-19-17-15-13-11-9-7-2/h9,11,15,17,21,23,26-29,33-36,41-42,46H,6-8,10,12-14,16,18-20,22,24-25,30-32,37-40H2,1-5H3,(H-,44,47,48,49)/p+1/b11-9-,17-15-,23-21-,28-26+,29-27-,35-33-,36-34+. The largest absolute Gasteiger partial charge is 0.472 e. The van der Waals surface area contributed by atoms with Gasteiger partial charge in [0.05, 0.1) is 39.9 Å². The summed E-state index contributed by atoms with van der Waals surface area (Å²) in [5.41, 5.74) is 0. The lowest BCUT2D eigenvalue weighted by atomic mass is 10.1. The van der Waals surface area contributed by atoms with Gasteiger partial charge in [0.2, 0.25) is 5.91 Å². The number of rotatable bonds is 34. The topological polar surface area (TPSA) is 105 Å². The molecule has 0 aliphatic rings. The van der Waals surface area contributed by atoms with Gasteiger partial charge in [-0.05, 0) is 57.8 Å². The average Bonchev–Trinajstić information content (AvgIpc) is 3.09. The summed E-state index contributed by atoms with van der Waals surface area (Å²) < 4.78 is 23.4. The maximum Gasteiger partial charge on any atom is 0.472 e. The van der Waals surface area contributed by atoms with Crippen LogP contribution < -0.4 is 5.32 Å². The van der Waals surface area contributed by atoms with Crippen molar-refractivity contribution < 1.29 is 32.9 Å². The predicted molar refractivity (Wildman–Crippen MR) is 221 cm³/mol. The van der Waals surface area contributed by atoms with Crippen molar-refractivity contribution in [3.05, 3.63) is 85.1 Å². The number of unbranched alkanes of at least 4 members (excludes halogenated alkanes) is 10. The Morgan fingerprint density at radius 1 is 0.673 bits per heavy atom. The van der Waals surface area contributed by atoms with E-state index < -0.39 is 20.0 Å². The van der Waals surface area contributed by atoms with Crippen LogP contribution in [0.25, 0.3) is 0 Å². The minimum Gasteiger partial charge on any atom is -0.387 e. The van der Waals surface area contributed by atoms with E-state index in [1.807, 2.05) is 33.3 Å². The monoisotopic (exact) mass is 748 g/mol. The van der Waals surface area contributed by atoms with Crippen molar-refractivity contribution in [2.75, 3.05) is 40.9 Å². The lowest BCUT2D eigenvalue weighted by molar-refractivity contribution is -0.870. The normalized spacial score (nSPS) is 15.4. The van der Waals surface area contributed by atoms with E-state index in [1.165, 1.54) is 57.8 Å². The number of likely N-dealkylation sites (N-methyl/N-ethyl adjacent to an activating group) is 1. The Bertz CT molecular complexity index is 1120. The second-order valence-corrected chi connectivity index (χ2v) is 15.7. The highest BCUT2D eigenvalue weighted by atomic mass is 31.2. The molecule has 0 saturated heterocycles. The molecule has 8 nitrogen and oxygen atoms in total. The van der Waals surface area contributed by atoms with Gasteiger partial charge >= 0.3 is 7.82 Å². The van der Waals surface area contributed by atoms with Gasteiger partial charge in [-0.15, -0.1) is 0 Å². The number of aliphatic hydroxyl groups is 1. The first-order valence-corrected chi connectivity index (χ1v) is 21.5. The number of allylic oxidation sites excluding steroid dienone is 12. The summed E-state index contributed by atoms with van der Waals surface area (Å²) in [6, 6.07) is -0.920. The van der Waals surface area contributed by atoms with Crippen LogP contribution >= 0.6 is 7.82 Å². The van der Waals surface area contributed by atoms with E-state index in [0.717, 1.165) is 44.9 Å². The number of aliphatic hydroxyl groups excluding tert-OH is 1. The number of nitrogens with one attached hydrogen (secondary N) is 1.